The molecule has 0 aliphatic rings. The molecule has 1 amide bonds. The lowest BCUT2D eigenvalue weighted by atomic mass is 10.0. The molecule has 34 heavy (non-hydrogen) atoms. The van der Waals surface area contributed by atoms with E-state index in [1.807, 2.05) is 55.6 Å². The van der Waals surface area contributed by atoms with Gasteiger partial charge in [0.1, 0.15) is 11.6 Å². The molecule has 0 spiro atoms. The number of amides is 1. The highest BCUT2D eigenvalue weighted by Gasteiger charge is 2.19. The molecule has 2 aromatic carbocycles. The summed E-state index contributed by atoms with van der Waals surface area (Å²) in [5.41, 5.74) is 3.06. The monoisotopic (exact) mass is 473 g/mol. The summed E-state index contributed by atoms with van der Waals surface area (Å²) in [5, 5.41) is 6.43. The minimum Gasteiger partial charge on any atom is -0.346 e. The van der Waals surface area contributed by atoms with Crippen LogP contribution < -0.4 is 5.32 Å². The third-order valence-electron chi connectivity index (χ3n) is 6.10. The van der Waals surface area contributed by atoms with Gasteiger partial charge in [-0.15, -0.1) is 11.3 Å². The minimum absolute atomic E-state index is 0.00706. The number of H-pyrrole nitrogens is 1. The Morgan fingerprint density at radius 2 is 1.82 bits per heavy atom. The first kappa shape index (κ1) is 23.9. The zero-order valence-electron chi connectivity index (χ0n) is 19.5. The number of Topliss-reactive ketones (excluding diaryl/α,β-unsaturated/α-hetero) is 1. The Morgan fingerprint density at radius 3 is 2.65 bits per heavy atom. The number of ketones is 1. The van der Waals surface area contributed by atoms with Crippen LogP contribution in [0.4, 0.5) is 0 Å². The number of carbonyl (C=O) groups is 2. The molecule has 5 nitrogen and oxygen atoms in total. The zero-order valence-corrected chi connectivity index (χ0v) is 20.4. The SMILES string of the molecule is CCC(=O)CCCCC[C@H](NC(=O)Cc1csc2ccccc12)c1ncc(-c2ccccc2)[nH]1. The number of unbranched alkanes of at least 4 members (excludes halogenated alkanes) is 2. The van der Waals surface area contributed by atoms with E-state index in [1.165, 1.54) is 4.70 Å². The highest BCUT2D eigenvalue weighted by molar-refractivity contribution is 7.17. The molecule has 176 valence electrons. The van der Waals surface area contributed by atoms with Crippen LogP contribution in [0.5, 0.6) is 0 Å². The average molecular weight is 474 g/mol. The predicted octanol–water partition coefficient (Wildman–Crippen LogP) is 6.62. The largest absolute Gasteiger partial charge is 0.346 e. The maximum atomic E-state index is 13.0. The minimum atomic E-state index is -0.197. The number of hydrogen-bond donors (Lipinski definition) is 2. The van der Waals surface area contributed by atoms with Gasteiger partial charge >= 0.3 is 0 Å². The van der Waals surface area contributed by atoms with Crippen LogP contribution in [0.1, 0.15) is 62.9 Å². The summed E-state index contributed by atoms with van der Waals surface area (Å²) in [4.78, 5) is 32.7. The molecule has 4 rings (SSSR count). The first-order valence-corrected chi connectivity index (χ1v) is 12.9. The van der Waals surface area contributed by atoms with E-state index in [9.17, 15) is 9.59 Å². The van der Waals surface area contributed by atoms with Gasteiger partial charge in [-0.2, -0.15) is 0 Å². The molecule has 0 aliphatic carbocycles. The van der Waals surface area contributed by atoms with Crippen molar-refractivity contribution in [3.05, 3.63) is 77.6 Å². The molecular formula is C28H31N3O2S. The van der Waals surface area contributed by atoms with Crippen molar-refractivity contribution in [3.63, 3.8) is 0 Å². The molecule has 0 unspecified atom stereocenters. The molecular weight excluding hydrogens is 442 g/mol. The van der Waals surface area contributed by atoms with Gasteiger partial charge in [0.15, 0.2) is 0 Å². The number of carbonyl (C=O) groups excluding carboxylic acids is 2. The Hall–Kier alpha value is -3.25. The normalized spacial score (nSPS) is 12.0. The maximum absolute atomic E-state index is 13.0. The topological polar surface area (TPSA) is 74.8 Å². The molecule has 4 aromatic rings. The number of rotatable bonds is 12. The summed E-state index contributed by atoms with van der Waals surface area (Å²) in [6.45, 7) is 1.91. The van der Waals surface area contributed by atoms with Crippen molar-refractivity contribution in [2.45, 2.75) is 57.9 Å². The van der Waals surface area contributed by atoms with Gasteiger partial charge in [0.05, 0.1) is 24.4 Å². The number of nitrogens with zero attached hydrogens (tertiary/aromatic N) is 1. The number of imidazole rings is 1. The van der Waals surface area contributed by atoms with Gasteiger partial charge in [0.2, 0.25) is 5.91 Å². The standard InChI is InChI=1S/C28H31N3O2S/c1-2-22(32)13-7-4-8-15-24(28-29-18-25(31-28)20-11-5-3-6-12-20)30-27(33)17-21-19-34-26-16-10-9-14-23(21)26/h3,5-6,9-12,14,16,18-19,24H,2,4,7-8,13,15,17H2,1H3,(H,29,31)(H,30,33)/t24-/m0/s1. The van der Waals surface area contributed by atoms with Crippen molar-refractivity contribution in [1.29, 1.82) is 0 Å². The summed E-state index contributed by atoms with van der Waals surface area (Å²) in [6.07, 6.45) is 6.96. The van der Waals surface area contributed by atoms with Crippen molar-refractivity contribution >= 4 is 33.1 Å². The van der Waals surface area contributed by atoms with Crippen LogP contribution in [-0.4, -0.2) is 21.7 Å². The van der Waals surface area contributed by atoms with E-state index >= 15 is 0 Å². The lowest BCUT2D eigenvalue weighted by molar-refractivity contribution is -0.121. The van der Waals surface area contributed by atoms with Gasteiger partial charge < -0.3 is 10.3 Å². The lowest BCUT2D eigenvalue weighted by Gasteiger charge is -2.17. The number of aromatic nitrogens is 2. The van der Waals surface area contributed by atoms with Gasteiger partial charge in [0.25, 0.3) is 0 Å². The molecule has 0 fully saturated rings. The van der Waals surface area contributed by atoms with E-state index in [0.717, 1.165) is 53.7 Å². The molecule has 0 bridgehead atoms. The Morgan fingerprint density at radius 1 is 1.03 bits per heavy atom. The van der Waals surface area contributed by atoms with E-state index in [1.54, 1.807) is 11.3 Å². The van der Waals surface area contributed by atoms with Crippen LogP contribution >= 0.6 is 11.3 Å². The quantitative estimate of drug-likeness (QED) is 0.227. The van der Waals surface area contributed by atoms with E-state index in [2.05, 4.69) is 32.8 Å². The molecule has 1 atom stereocenters. The number of benzene rings is 2. The second-order valence-electron chi connectivity index (χ2n) is 8.59. The molecule has 0 aliphatic heterocycles. The van der Waals surface area contributed by atoms with Crippen LogP contribution in [-0.2, 0) is 16.0 Å². The summed E-state index contributed by atoms with van der Waals surface area (Å²) in [7, 11) is 0. The van der Waals surface area contributed by atoms with Crippen molar-refractivity contribution < 1.29 is 9.59 Å². The predicted molar refractivity (Wildman–Crippen MR) is 139 cm³/mol. The molecule has 2 heterocycles. The van der Waals surface area contributed by atoms with Gasteiger partial charge in [0, 0.05) is 17.5 Å². The molecule has 2 aromatic heterocycles. The summed E-state index contributed by atoms with van der Waals surface area (Å²) < 4.78 is 1.20. The fourth-order valence-corrected chi connectivity index (χ4v) is 5.13. The smallest absolute Gasteiger partial charge is 0.225 e. The average Bonchev–Trinajstić information content (AvgIpc) is 3.51. The number of fused-ring (bicyclic) bond motifs is 1. The number of thiophene rings is 1. The molecule has 0 saturated carbocycles. The van der Waals surface area contributed by atoms with E-state index in [0.29, 0.717) is 25.0 Å². The van der Waals surface area contributed by atoms with Gasteiger partial charge in [-0.25, -0.2) is 4.98 Å². The summed E-state index contributed by atoms with van der Waals surface area (Å²) in [6, 6.07) is 18.1. The van der Waals surface area contributed by atoms with Crippen LogP contribution in [0.2, 0.25) is 0 Å². The summed E-state index contributed by atoms with van der Waals surface area (Å²) in [5.74, 6) is 1.07. The van der Waals surface area contributed by atoms with E-state index in [-0.39, 0.29) is 11.9 Å². The lowest BCUT2D eigenvalue weighted by Crippen LogP contribution is -2.30. The Labute approximate surface area is 204 Å². The van der Waals surface area contributed by atoms with Crippen molar-refractivity contribution in [2.75, 3.05) is 0 Å². The van der Waals surface area contributed by atoms with Gasteiger partial charge in [-0.1, -0.05) is 68.3 Å². The Balaban J connectivity index is 1.44. The first-order chi connectivity index (χ1) is 16.6. The van der Waals surface area contributed by atoms with Crippen molar-refractivity contribution in [2.24, 2.45) is 0 Å². The van der Waals surface area contributed by atoms with Crippen LogP contribution in [0.25, 0.3) is 21.3 Å². The molecule has 2 N–H and O–H groups in total. The number of hydrogen-bond acceptors (Lipinski definition) is 4. The molecule has 0 saturated heterocycles. The highest BCUT2D eigenvalue weighted by Crippen LogP contribution is 2.27. The van der Waals surface area contributed by atoms with E-state index < -0.39 is 0 Å². The number of nitrogens with one attached hydrogen (secondary N) is 2. The number of aromatic amines is 1. The molecule has 0 radical (unpaired) electrons. The fraction of sp³-hybridized carbons (Fsp3) is 0.321. The third kappa shape index (κ3) is 6.20. The third-order valence-corrected chi connectivity index (χ3v) is 7.11. The van der Waals surface area contributed by atoms with E-state index in [4.69, 9.17) is 0 Å². The van der Waals surface area contributed by atoms with Crippen LogP contribution in [0, 0.1) is 0 Å². The molecule has 6 heteroatoms. The second kappa shape index (κ2) is 11.7. The first-order valence-electron chi connectivity index (χ1n) is 12.0. The van der Waals surface area contributed by atoms with Crippen LogP contribution in [0.3, 0.4) is 0 Å². The highest BCUT2D eigenvalue weighted by atomic mass is 32.1. The zero-order chi connectivity index (χ0) is 23.8. The van der Waals surface area contributed by atoms with Crippen molar-refractivity contribution in [3.8, 4) is 11.3 Å². The Kier molecular flexibility index (Phi) is 8.26. The van der Waals surface area contributed by atoms with Crippen LogP contribution in [0.15, 0.2) is 66.2 Å². The van der Waals surface area contributed by atoms with Crippen molar-refractivity contribution in [1.82, 2.24) is 15.3 Å². The second-order valence-corrected chi connectivity index (χ2v) is 9.50. The maximum Gasteiger partial charge on any atom is 0.225 e. The fourth-order valence-electron chi connectivity index (χ4n) is 4.17. The van der Waals surface area contributed by atoms with Gasteiger partial charge in [-0.05, 0) is 40.8 Å². The van der Waals surface area contributed by atoms with Gasteiger partial charge in [-0.3, -0.25) is 9.59 Å². The summed E-state index contributed by atoms with van der Waals surface area (Å²) >= 11 is 1.67. The Bertz CT molecular complexity index is 1230.